The highest BCUT2D eigenvalue weighted by Crippen LogP contribution is 2.27. The van der Waals surface area contributed by atoms with Gasteiger partial charge in [-0.25, -0.2) is 4.79 Å². The standard InChI is InChI=1S/C11H12N2O3/c1-3-16-11(15)8-6(2)13-9-7(14)4-5-12-10(8)9/h4-5,13H,3H2,1-2H3,(H,12,14). The molecule has 0 amide bonds. The van der Waals surface area contributed by atoms with Gasteiger partial charge in [-0.1, -0.05) is 0 Å². The number of aromatic hydroxyl groups is 1. The van der Waals surface area contributed by atoms with E-state index in [1.807, 2.05) is 0 Å². The van der Waals surface area contributed by atoms with Crippen molar-refractivity contribution in [3.05, 3.63) is 23.5 Å². The van der Waals surface area contributed by atoms with E-state index < -0.39 is 5.97 Å². The molecule has 84 valence electrons. The van der Waals surface area contributed by atoms with Crippen molar-refractivity contribution in [1.82, 2.24) is 9.97 Å². The Labute approximate surface area is 92.1 Å². The molecule has 16 heavy (non-hydrogen) atoms. The highest BCUT2D eigenvalue weighted by atomic mass is 16.5. The van der Waals surface area contributed by atoms with Gasteiger partial charge in [-0.05, 0) is 13.8 Å². The molecule has 0 aliphatic heterocycles. The topological polar surface area (TPSA) is 75.2 Å². The lowest BCUT2D eigenvalue weighted by molar-refractivity contribution is 0.0527. The number of aryl methyl sites for hydroxylation is 1. The number of ether oxygens (including phenoxy) is 1. The molecular formula is C11H12N2O3. The first-order valence-electron chi connectivity index (χ1n) is 4.98. The highest BCUT2D eigenvalue weighted by Gasteiger charge is 2.19. The van der Waals surface area contributed by atoms with Crippen LogP contribution in [0.15, 0.2) is 12.3 Å². The van der Waals surface area contributed by atoms with Gasteiger partial charge in [-0.2, -0.15) is 0 Å². The molecular weight excluding hydrogens is 208 g/mol. The number of hydrogen-bond donors (Lipinski definition) is 2. The molecule has 0 bridgehead atoms. The molecule has 0 unspecified atom stereocenters. The van der Waals surface area contributed by atoms with Crippen LogP contribution in [0, 0.1) is 6.92 Å². The summed E-state index contributed by atoms with van der Waals surface area (Å²) in [7, 11) is 0. The molecule has 2 aromatic heterocycles. The van der Waals surface area contributed by atoms with E-state index in [1.165, 1.54) is 12.3 Å². The second-order valence-corrected chi connectivity index (χ2v) is 3.40. The van der Waals surface area contributed by atoms with Crippen molar-refractivity contribution >= 4 is 17.0 Å². The third-order valence-corrected chi connectivity index (χ3v) is 2.33. The van der Waals surface area contributed by atoms with Crippen LogP contribution >= 0.6 is 0 Å². The number of hydrogen-bond acceptors (Lipinski definition) is 4. The van der Waals surface area contributed by atoms with E-state index in [1.54, 1.807) is 13.8 Å². The van der Waals surface area contributed by atoms with E-state index in [-0.39, 0.29) is 5.75 Å². The van der Waals surface area contributed by atoms with Crippen LogP contribution in [0.5, 0.6) is 5.75 Å². The number of aromatic nitrogens is 2. The quantitative estimate of drug-likeness (QED) is 0.756. The van der Waals surface area contributed by atoms with Crippen LogP contribution < -0.4 is 0 Å². The lowest BCUT2D eigenvalue weighted by Crippen LogP contribution is -2.05. The SMILES string of the molecule is CCOC(=O)c1c(C)[nH]c2c(O)ccnc12. The van der Waals surface area contributed by atoms with Gasteiger partial charge in [0.05, 0.1) is 6.61 Å². The third-order valence-electron chi connectivity index (χ3n) is 2.33. The summed E-state index contributed by atoms with van der Waals surface area (Å²) in [6, 6.07) is 1.47. The van der Waals surface area contributed by atoms with Crippen molar-refractivity contribution in [2.45, 2.75) is 13.8 Å². The first-order chi connectivity index (χ1) is 7.65. The van der Waals surface area contributed by atoms with Crippen molar-refractivity contribution in [1.29, 1.82) is 0 Å². The predicted molar refractivity (Wildman–Crippen MR) is 58.5 cm³/mol. The van der Waals surface area contributed by atoms with Crippen LogP contribution in [0.4, 0.5) is 0 Å². The van der Waals surface area contributed by atoms with Crippen LogP contribution in [-0.2, 0) is 4.74 Å². The maximum Gasteiger partial charge on any atom is 0.342 e. The van der Waals surface area contributed by atoms with Gasteiger partial charge >= 0.3 is 5.97 Å². The molecule has 0 saturated heterocycles. The summed E-state index contributed by atoms with van der Waals surface area (Å²) in [5.74, 6) is -0.354. The Hall–Kier alpha value is -2.04. The molecule has 5 nitrogen and oxygen atoms in total. The molecule has 2 heterocycles. The fourth-order valence-electron chi connectivity index (χ4n) is 1.65. The molecule has 0 radical (unpaired) electrons. The molecule has 0 saturated carbocycles. The fraction of sp³-hybridized carbons (Fsp3) is 0.273. The lowest BCUT2D eigenvalue weighted by atomic mass is 10.2. The Kier molecular flexibility index (Phi) is 2.52. The maximum atomic E-state index is 11.7. The highest BCUT2D eigenvalue weighted by molar-refractivity contribution is 6.05. The minimum absolute atomic E-state index is 0.0728. The molecule has 0 aliphatic carbocycles. The molecule has 2 rings (SSSR count). The largest absolute Gasteiger partial charge is 0.506 e. The molecule has 2 N–H and O–H groups in total. The normalized spacial score (nSPS) is 10.6. The number of carbonyl (C=O) groups excluding carboxylic acids is 1. The lowest BCUT2D eigenvalue weighted by Gasteiger charge is -2.00. The summed E-state index contributed by atoms with van der Waals surface area (Å²) in [6.45, 7) is 3.80. The molecule has 0 fully saturated rings. The first kappa shape index (κ1) is 10.5. The van der Waals surface area contributed by atoms with E-state index in [0.717, 1.165) is 0 Å². The monoisotopic (exact) mass is 220 g/mol. The molecule has 0 aliphatic rings. The summed E-state index contributed by atoms with van der Waals surface area (Å²) in [5, 5.41) is 9.60. The second-order valence-electron chi connectivity index (χ2n) is 3.40. The van der Waals surface area contributed by atoms with Crippen molar-refractivity contribution in [2.24, 2.45) is 0 Å². The Morgan fingerprint density at radius 2 is 2.38 bits per heavy atom. The minimum Gasteiger partial charge on any atom is -0.506 e. The van der Waals surface area contributed by atoms with Gasteiger partial charge < -0.3 is 14.8 Å². The number of carbonyl (C=O) groups is 1. The van der Waals surface area contributed by atoms with Gasteiger partial charge in [-0.3, -0.25) is 4.98 Å². The number of rotatable bonds is 2. The van der Waals surface area contributed by atoms with Gasteiger partial charge in [-0.15, -0.1) is 0 Å². The van der Waals surface area contributed by atoms with Crippen LogP contribution in [0.1, 0.15) is 23.0 Å². The molecule has 2 aromatic rings. The van der Waals surface area contributed by atoms with E-state index in [2.05, 4.69) is 9.97 Å². The fourth-order valence-corrected chi connectivity index (χ4v) is 1.65. The summed E-state index contributed by atoms with van der Waals surface area (Å²) in [5.41, 5.74) is 1.93. The number of nitrogens with zero attached hydrogens (tertiary/aromatic N) is 1. The summed E-state index contributed by atoms with van der Waals surface area (Å²) >= 11 is 0. The number of nitrogens with one attached hydrogen (secondary N) is 1. The smallest absolute Gasteiger partial charge is 0.342 e. The van der Waals surface area contributed by atoms with Crippen molar-refractivity contribution in [3.63, 3.8) is 0 Å². The summed E-state index contributed by atoms with van der Waals surface area (Å²) in [6.07, 6.45) is 1.45. The maximum absolute atomic E-state index is 11.7. The van der Waals surface area contributed by atoms with Crippen LogP contribution in [0.2, 0.25) is 0 Å². The van der Waals surface area contributed by atoms with Crippen molar-refractivity contribution in [3.8, 4) is 5.75 Å². The zero-order valence-corrected chi connectivity index (χ0v) is 9.07. The molecule has 0 aromatic carbocycles. The van der Waals surface area contributed by atoms with Gasteiger partial charge in [0.25, 0.3) is 0 Å². The van der Waals surface area contributed by atoms with Gasteiger partial charge in [0.15, 0.2) is 0 Å². The second kappa shape index (κ2) is 3.84. The molecule has 0 spiro atoms. The number of aromatic amines is 1. The Morgan fingerprint density at radius 1 is 1.62 bits per heavy atom. The Morgan fingerprint density at radius 3 is 3.06 bits per heavy atom. The third kappa shape index (κ3) is 1.50. The van der Waals surface area contributed by atoms with E-state index >= 15 is 0 Å². The van der Waals surface area contributed by atoms with E-state index in [0.29, 0.717) is 28.9 Å². The van der Waals surface area contributed by atoms with E-state index in [4.69, 9.17) is 4.74 Å². The van der Waals surface area contributed by atoms with Gasteiger partial charge in [0, 0.05) is 18.0 Å². The van der Waals surface area contributed by atoms with Gasteiger partial charge in [0.1, 0.15) is 22.3 Å². The molecule has 5 heteroatoms. The Bertz CT molecular complexity index is 545. The van der Waals surface area contributed by atoms with Gasteiger partial charge in [0.2, 0.25) is 0 Å². The van der Waals surface area contributed by atoms with E-state index in [9.17, 15) is 9.90 Å². The van der Waals surface area contributed by atoms with Crippen molar-refractivity contribution < 1.29 is 14.6 Å². The first-order valence-corrected chi connectivity index (χ1v) is 4.98. The van der Waals surface area contributed by atoms with Crippen LogP contribution in [0.25, 0.3) is 11.0 Å². The number of pyridine rings is 1. The predicted octanol–water partition coefficient (Wildman–Crippen LogP) is 1.75. The van der Waals surface area contributed by atoms with Crippen LogP contribution in [-0.4, -0.2) is 27.7 Å². The van der Waals surface area contributed by atoms with Crippen molar-refractivity contribution in [2.75, 3.05) is 6.61 Å². The van der Waals surface area contributed by atoms with Crippen LogP contribution in [0.3, 0.4) is 0 Å². The molecule has 0 atom stereocenters. The summed E-state index contributed by atoms with van der Waals surface area (Å²) in [4.78, 5) is 18.7. The average Bonchev–Trinajstić information content (AvgIpc) is 2.56. The number of fused-ring (bicyclic) bond motifs is 1. The Balaban J connectivity index is 2.65. The number of H-pyrrole nitrogens is 1. The zero-order valence-electron chi connectivity index (χ0n) is 9.07. The zero-order chi connectivity index (χ0) is 11.7. The average molecular weight is 220 g/mol. The minimum atomic E-state index is -0.427. The number of esters is 1. The summed E-state index contributed by atoms with van der Waals surface area (Å²) < 4.78 is 4.93.